The molecule has 1 aliphatic carbocycles. The number of sulfone groups is 1. The molecule has 0 saturated heterocycles. The zero-order valence-electron chi connectivity index (χ0n) is 19.5. The molecule has 2 rings (SSSR count). The molecular formula is C24H40O3SSi. The summed E-state index contributed by atoms with van der Waals surface area (Å²) >= 11 is 0. The molecule has 0 amide bonds. The summed E-state index contributed by atoms with van der Waals surface area (Å²) in [6.45, 7) is 18.6. The molecular weight excluding hydrogens is 396 g/mol. The Morgan fingerprint density at radius 3 is 2.24 bits per heavy atom. The summed E-state index contributed by atoms with van der Waals surface area (Å²) in [5.74, 6) is 1.33. The second-order valence-electron chi connectivity index (χ2n) is 10.5. The smallest absolute Gasteiger partial charge is 0.191 e. The fraction of sp³-hybridized carbons (Fsp3) is 0.667. The maximum absolute atomic E-state index is 13.2. The Morgan fingerprint density at radius 2 is 1.72 bits per heavy atom. The van der Waals surface area contributed by atoms with E-state index in [1.165, 1.54) is 5.57 Å². The fourth-order valence-corrected chi connectivity index (χ4v) is 6.82. The van der Waals surface area contributed by atoms with E-state index in [-0.39, 0.29) is 22.6 Å². The van der Waals surface area contributed by atoms with Gasteiger partial charge in [-0.05, 0) is 67.3 Å². The highest BCUT2D eigenvalue weighted by Crippen LogP contribution is 2.43. The van der Waals surface area contributed by atoms with E-state index >= 15 is 0 Å². The third-order valence-corrected chi connectivity index (χ3v) is 13.5. The standard InChI is InChI=1S/C24H40O3SSi/c1-18(2)21-15-14-19(3)23(17-28(25,26)20-12-10-9-11-13-20)22(21)16-27-29(7,8)24(4,5)6/h9-14,18,21-23H,15-17H2,1-8H3/t21-,22-,23+/m1/s1. The molecule has 3 atom stereocenters. The van der Waals surface area contributed by atoms with E-state index in [1.54, 1.807) is 24.3 Å². The lowest BCUT2D eigenvalue weighted by Gasteiger charge is -2.43. The average molecular weight is 437 g/mol. The van der Waals surface area contributed by atoms with E-state index in [9.17, 15) is 8.42 Å². The van der Waals surface area contributed by atoms with Crippen molar-refractivity contribution in [3.63, 3.8) is 0 Å². The van der Waals surface area contributed by atoms with Crippen LogP contribution >= 0.6 is 0 Å². The van der Waals surface area contributed by atoms with Gasteiger partial charge in [0.05, 0.1) is 10.6 Å². The van der Waals surface area contributed by atoms with E-state index in [0.717, 1.165) is 6.42 Å². The summed E-state index contributed by atoms with van der Waals surface area (Å²) in [6.07, 6.45) is 3.27. The van der Waals surface area contributed by atoms with Crippen LogP contribution in [0.4, 0.5) is 0 Å². The number of allylic oxidation sites excluding steroid dienone is 2. The first-order chi connectivity index (χ1) is 13.3. The Kier molecular flexibility index (Phi) is 7.62. The minimum atomic E-state index is -3.34. The van der Waals surface area contributed by atoms with Crippen LogP contribution in [0.1, 0.15) is 48.0 Å². The third kappa shape index (κ3) is 5.83. The van der Waals surface area contributed by atoms with E-state index in [1.807, 2.05) is 6.07 Å². The molecule has 0 aliphatic heterocycles. The minimum absolute atomic E-state index is 0.00567. The van der Waals surface area contributed by atoms with Crippen molar-refractivity contribution in [1.82, 2.24) is 0 Å². The first-order valence-corrected chi connectivity index (χ1v) is 15.4. The molecule has 0 N–H and O–H groups in total. The molecule has 3 nitrogen and oxygen atoms in total. The molecule has 0 bridgehead atoms. The quantitative estimate of drug-likeness (QED) is 0.370. The van der Waals surface area contributed by atoms with Gasteiger partial charge in [-0.1, -0.05) is 64.5 Å². The number of hydrogen-bond acceptors (Lipinski definition) is 3. The molecule has 1 aliphatic rings. The topological polar surface area (TPSA) is 43.4 Å². The van der Waals surface area contributed by atoms with Gasteiger partial charge in [0.2, 0.25) is 0 Å². The van der Waals surface area contributed by atoms with Gasteiger partial charge in [0.15, 0.2) is 18.2 Å². The van der Waals surface area contributed by atoms with Crippen LogP contribution in [0, 0.1) is 23.7 Å². The molecule has 0 fully saturated rings. The normalized spacial score (nSPS) is 23.9. The average Bonchev–Trinajstić information content (AvgIpc) is 2.61. The van der Waals surface area contributed by atoms with Gasteiger partial charge < -0.3 is 4.43 Å². The van der Waals surface area contributed by atoms with Crippen LogP contribution in [0.5, 0.6) is 0 Å². The Labute approximate surface area is 180 Å². The molecule has 29 heavy (non-hydrogen) atoms. The number of benzene rings is 1. The lowest BCUT2D eigenvalue weighted by molar-refractivity contribution is 0.112. The minimum Gasteiger partial charge on any atom is -0.417 e. The van der Waals surface area contributed by atoms with Crippen LogP contribution in [-0.4, -0.2) is 29.1 Å². The molecule has 0 unspecified atom stereocenters. The predicted octanol–water partition coefficient (Wildman–Crippen LogP) is 6.34. The molecule has 1 aromatic carbocycles. The van der Waals surface area contributed by atoms with Crippen molar-refractivity contribution in [2.75, 3.05) is 12.4 Å². The van der Waals surface area contributed by atoms with Gasteiger partial charge in [-0.2, -0.15) is 0 Å². The van der Waals surface area contributed by atoms with Crippen LogP contribution in [0.15, 0.2) is 46.9 Å². The Balaban J connectivity index is 2.33. The third-order valence-electron chi connectivity index (χ3n) is 7.16. The van der Waals surface area contributed by atoms with Gasteiger partial charge in [-0.25, -0.2) is 8.42 Å². The van der Waals surface area contributed by atoms with Gasteiger partial charge >= 0.3 is 0 Å². The molecule has 0 aromatic heterocycles. The van der Waals surface area contributed by atoms with Crippen molar-refractivity contribution in [2.24, 2.45) is 23.7 Å². The maximum Gasteiger partial charge on any atom is 0.191 e. The fourth-order valence-electron chi connectivity index (χ4n) is 4.03. The van der Waals surface area contributed by atoms with E-state index in [2.05, 4.69) is 60.7 Å². The van der Waals surface area contributed by atoms with Crippen molar-refractivity contribution in [3.05, 3.63) is 42.0 Å². The first-order valence-electron chi connectivity index (χ1n) is 10.8. The van der Waals surface area contributed by atoms with Crippen molar-refractivity contribution >= 4 is 18.2 Å². The van der Waals surface area contributed by atoms with Gasteiger partial charge in [0.1, 0.15) is 0 Å². The maximum atomic E-state index is 13.2. The number of rotatable bonds is 7. The van der Waals surface area contributed by atoms with Crippen molar-refractivity contribution < 1.29 is 12.8 Å². The highest BCUT2D eigenvalue weighted by atomic mass is 32.2. The zero-order chi connectivity index (χ0) is 22.0. The van der Waals surface area contributed by atoms with Crippen molar-refractivity contribution in [2.45, 2.75) is 71.0 Å². The summed E-state index contributed by atoms with van der Waals surface area (Å²) in [6, 6.07) is 8.86. The molecule has 0 radical (unpaired) electrons. The van der Waals surface area contributed by atoms with Crippen LogP contribution in [-0.2, 0) is 14.3 Å². The first kappa shape index (κ1) is 24.4. The van der Waals surface area contributed by atoms with Gasteiger partial charge in [0.25, 0.3) is 0 Å². The highest BCUT2D eigenvalue weighted by molar-refractivity contribution is 7.91. The summed E-state index contributed by atoms with van der Waals surface area (Å²) in [7, 11) is -5.24. The van der Waals surface area contributed by atoms with Crippen molar-refractivity contribution in [1.29, 1.82) is 0 Å². The van der Waals surface area contributed by atoms with E-state index < -0.39 is 18.2 Å². The van der Waals surface area contributed by atoms with Gasteiger partial charge in [-0.3, -0.25) is 0 Å². The monoisotopic (exact) mass is 436 g/mol. The summed E-state index contributed by atoms with van der Waals surface area (Å²) in [4.78, 5) is 0.420. The summed E-state index contributed by atoms with van der Waals surface area (Å²) < 4.78 is 33.0. The second-order valence-corrected chi connectivity index (χ2v) is 17.4. The molecule has 0 spiro atoms. The Morgan fingerprint density at radius 1 is 1.14 bits per heavy atom. The lowest BCUT2D eigenvalue weighted by atomic mass is 9.69. The van der Waals surface area contributed by atoms with Crippen LogP contribution in [0.3, 0.4) is 0 Å². The van der Waals surface area contributed by atoms with Crippen LogP contribution in [0.25, 0.3) is 0 Å². The van der Waals surface area contributed by atoms with Crippen molar-refractivity contribution in [3.8, 4) is 0 Å². The predicted molar refractivity (Wildman–Crippen MR) is 125 cm³/mol. The van der Waals surface area contributed by atoms with Gasteiger partial charge in [-0.15, -0.1) is 0 Å². The molecule has 164 valence electrons. The Bertz CT molecular complexity index is 804. The van der Waals surface area contributed by atoms with Crippen LogP contribution in [0.2, 0.25) is 18.1 Å². The number of hydrogen-bond donors (Lipinski definition) is 0. The largest absolute Gasteiger partial charge is 0.417 e. The zero-order valence-corrected chi connectivity index (χ0v) is 21.3. The SMILES string of the molecule is CC1=CC[C@H](C(C)C)[C@@H](CO[Si](C)(C)C(C)(C)C)[C@H]1CS(=O)(=O)c1ccccc1. The second kappa shape index (κ2) is 9.07. The molecule has 0 heterocycles. The highest BCUT2D eigenvalue weighted by Gasteiger charge is 2.42. The molecule has 0 saturated carbocycles. The van der Waals surface area contributed by atoms with Crippen LogP contribution < -0.4 is 0 Å². The molecule has 5 heteroatoms. The Hall–Kier alpha value is -0.913. The van der Waals surface area contributed by atoms with E-state index in [4.69, 9.17) is 4.43 Å². The summed E-state index contributed by atoms with van der Waals surface area (Å²) in [5.41, 5.74) is 1.20. The summed E-state index contributed by atoms with van der Waals surface area (Å²) in [5, 5.41) is 0.144. The van der Waals surface area contributed by atoms with E-state index in [0.29, 0.717) is 23.3 Å². The lowest BCUT2D eigenvalue weighted by Crippen LogP contribution is -2.45. The molecule has 1 aromatic rings. The van der Waals surface area contributed by atoms with Gasteiger partial charge in [0, 0.05) is 6.61 Å².